The minimum Gasteiger partial charge on any atom is -0.507 e. The molecule has 29 heavy (non-hydrogen) atoms. The summed E-state index contributed by atoms with van der Waals surface area (Å²) in [5.74, 6) is 1.05. The molecule has 0 radical (unpaired) electrons. The lowest BCUT2D eigenvalue weighted by molar-refractivity contribution is 0.353. The highest BCUT2D eigenvalue weighted by Crippen LogP contribution is 2.32. The molecule has 0 aliphatic carbocycles. The van der Waals surface area contributed by atoms with Crippen LogP contribution < -0.4 is 10.2 Å². The summed E-state index contributed by atoms with van der Waals surface area (Å²) in [6, 6.07) is 11.2. The van der Waals surface area contributed by atoms with Crippen molar-refractivity contribution in [2.75, 3.05) is 11.9 Å². The number of phenolic OH excluding ortho intramolecular Hbond substituents is 1. The van der Waals surface area contributed by atoms with E-state index in [1.807, 2.05) is 37.4 Å². The molecule has 0 amide bonds. The third kappa shape index (κ3) is 3.46. The van der Waals surface area contributed by atoms with E-state index < -0.39 is 0 Å². The summed E-state index contributed by atoms with van der Waals surface area (Å²) in [5, 5.41) is 27.4. The molecule has 2 N–H and O–H groups in total. The van der Waals surface area contributed by atoms with Crippen molar-refractivity contribution in [3.8, 4) is 22.7 Å². The molecule has 2 bridgehead atoms. The Morgan fingerprint density at radius 2 is 1.90 bits per heavy atom. The fourth-order valence-electron chi connectivity index (χ4n) is 4.62. The number of benzene rings is 1. The Morgan fingerprint density at radius 3 is 2.52 bits per heavy atom. The lowest BCUT2D eigenvalue weighted by Gasteiger charge is -2.36. The first kappa shape index (κ1) is 18.1. The van der Waals surface area contributed by atoms with Gasteiger partial charge in [-0.3, -0.25) is 0 Å². The zero-order valence-corrected chi connectivity index (χ0v) is 16.8. The number of aromatic hydroxyl groups is 1. The number of piperidine rings is 1. The van der Waals surface area contributed by atoms with E-state index >= 15 is 0 Å². The number of aryl methyl sites for hydroxylation is 1. The van der Waals surface area contributed by atoms with Gasteiger partial charge in [-0.15, -0.1) is 10.2 Å². The van der Waals surface area contributed by atoms with Gasteiger partial charge in [0.1, 0.15) is 5.75 Å². The van der Waals surface area contributed by atoms with Crippen molar-refractivity contribution in [3.05, 3.63) is 48.3 Å². The van der Waals surface area contributed by atoms with Crippen molar-refractivity contribution in [2.45, 2.75) is 50.7 Å². The van der Waals surface area contributed by atoms with Crippen molar-refractivity contribution in [1.29, 1.82) is 0 Å². The van der Waals surface area contributed by atoms with Crippen molar-refractivity contribution >= 4 is 5.82 Å². The molecule has 2 saturated heterocycles. The molecule has 2 fully saturated rings. The van der Waals surface area contributed by atoms with E-state index in [4.69, 9.17) is 0 Å². The molecule has 0 saturated carbocycles. The van der Waals surface area contributed by atoms with Crippen LogP contribution >= 0.6 is 0 Å². The summed E-state index contributed by atoms with van der Waals surface area (Å²) in [5.41, 5.74) is 3.21. The van der Waals surface area contributed by atoms with E-state index in [2.05, 4.69) is 32.6 Å². The average molecular weight is 390 g/mol. The minimum atomic E-state index is 0.168. The maximum Gasteiger partial charge on any atom is 0.151 e. The summed E-state index contributed by atoms with van der Waals surface area (Å²) < 4.78 is 1.74. The van der Waals surface area contributed by atoms with Crippen LogP contribution in [0.5, 0.6) is 5.75 Å². The normalized spacial score (nSPS) is 23.3. The van der Waals surface area contributed by atoms with Crippen LogP contribution in [0, 0.1) is 6.92 Å². The maximum atomic E-state index is 10.5. The predicted octanol–water partition coefficient (Wildman–Crippen LogP) is 3.06. The maximum absolute atomic E-state index is 10.5. The van der Waals surface area contributed by atoms with Gasteiger partial charge in [0.15, 0.2) is 5.82 Å². The number of rotatable bonds is 4. The highest BCUT2D eigenvalue weighted by molar-refractivity contribution is 5.69. The van der Waals surface area contributed by atoms with Crippen LogP contribution in [0.3, 0.4) is 0 Å². The van der Waals surface area contributed by atoms with Crippen LogP contribution in [-0.4, -0.2) is 50.3 Å². The number of phenols is 1. The Labute approximate surface area is 170 Å². The molecular weight excluding hydrogens is 364 g/mol. The van der Waals surface area contributed by atoms with E-state index in [1.54, 1.807) is 16.9 Å². The van der Waals surface area contributed by atoms with Crippen LogP contribution in [0.1, 0.15) is 31.2 Å². The van der Waals surface area contributed by atoms with Gasteiger partial charge < -0.3 is 15.3 Å². The van der Waals surface area contributed by atoms with Crippen LogP contribution in [-0.2, 0) is 0 Å². The Kier molecular flexibility index (Phi) is 4.47. The molecule has 0 spiro atoms. The number of hydrogen-bond donors (Lipinski definition) is 2. The van der Waals surface area contributed by atoms with Crippen LogP contribution in [0.25, 0.3) is 16.9 Å². The predicted molar refractivity (Wildman–Crippen MR) is 112 cm³/mol. The number of aromatic nitrogens is 4. The van der Waals surface area contributed by atoms with Crippen LogP contribution in [0.2, 0.25) is 0 Å². The van der Waals surface area contributed by atoms with Gasteiger partial charge in [0.05, 0.1) is 17.6 Å². The summed E-state index contributed by atoms with van der Waals surface area (Å²) in [4.78, 5) is 2.26. The standard InChI is InChI=1S/C22H26N6O/c1-14-12-23-28(13-14)17-5-6-19(21(29)11-17)20-7-8-22(26-25-20)27(2)18-9-15-3-4-16(10-18)24-15/h5-8,11-13,15-16,18,24,29H,3-4,9-10H2,1-2H3/t15-,16+,18+. The van der Waals surface area contributed by atoms with Crippen molar-refractivity contribution < 1.29 is 5.11 Å². The van der Waals surface area contributed by atoms with Gasteiger partial charge in [0.2, 0.25) is 0 Å². The molecule has 2 aliphatic rings. The lowest BCUT2D eigenvalue weighted by Crippen LogP contribution is -2.47. The van der Waals surface area contributed by atoms with Gasteiger partial charge in [-0.1, -0.05) is 0 Å². The second-order valence-electron chi connectivity index (χ2n) is 8.31. The minimum absolute atomic E-state index is 0.168. The van der Waals surface area contributed by atoms with Gasteiger partial charge in [0.25, 0.3) is 0 Å². The van der Waals surface area contributed by atoms with Crippen LogP contribution in [0.4, 0.5) is 5.82 Å². The van der Waals surface area contributed by atoms with E-state index in [1.165, 1.54) is 12.8 Å². The number of nitrogens with zero attached hydrogens (tertiary/aromatic N) is 5. The van der Waals surface area contributed by atoms with Crippen molar-refractivity contribution in [1.82, 2.24) is 25.3 Å². The number of nitrogens with one attached hydrogen (secondary N) is 1. The second-order valence-corrected chi connectivity index (χ2v) is 8.31. The van der Waals surface area contributed by atoms with E-state index in [9.17, 15) is 5.11 Å². The molecule has 4 heterocycles. The lowest BCUT2D eigenvalue weighted by atomic mass is 9.98. The Bertz CT molecular complexity index is 1000. The van der Waals surface area contributed by atoms with Gasteiger partial charge >= 0.3 is 0 Å². The first-order valence-electron chi connectivity index (χ1n) is 10.2. The Morgan fingerprint density at radius 1 is 1.10 bits per heavy atom. The monoisotopic (exact) mass is 390 g/mol. The average Bonchev–Trinajstić information content (AvgIpc) is 3.32. The van der Waals surface area contributed by atoms with Gasteiger partial charge in [-0.25, -0.2) is 4.68 Å². The molecule has 150 valence electrons. The summed E-state index contributed by atoms with van der Waals surface area (Å²) in [7, 11) is 2.11. The van der Waals surface area contributed by atoms with E-state index in [0.717, 1.165) is 29.9 Å². The molecule has 0 unspecified atom stereocenters. The molecule has 1 aromatic carbocycles. The number of anilines is 1. The van der Waals surface area contributed by atoms with E-state index in [0.29, 0.717) is 29.4 Å². The highest BCUT2D eigenvalue weighted by atomic mass is 16.3. The SMILES string of the molecule is Cc1cnn(-c2ccc(-c3ccc(N(C)[C@H]4C[C@H]5CC[C@@H](C4)N5)nn3)c(O)c2)c1. The Balaban J connectivity index is 1.34. The van der Waals surface area contributed by atoms with Gasteiger partial charge in [-0.2, -0.15) is 5.10 Å². The first-order valence-corrected chi connectivity index (χ1v) is 10.2. The summed E-state index contributed by atoms with van der Waals surface area (Å²) in [6.07, 6.45) is 8.60. The second kappa shape index (κ2) is 7.15. The van der Waals surface area contributed by atoms with E-state index in [-0.39, 0.29) is 5.75 Å². The zero-order chi connectivity index (χ0) is 20.0. The molecule has 3 aromatic rings. The van der Waals surface area contributed by atoms with Crippen LogP contribution in [0.15, 0.2) is 42.7 Å². The zero-order valence-electron chi connectivity index (χ0n) is 16.8. The molecular formula is C22H26N6O. The smallest absolute Gasteiger partial charge is 0.151 e. The quantitative estimate of drug-likeness (QED) is 0.713. The molecule has 2 aromatic heterocycles. The number of fused-ring (bicyclic) bond motifs is 2. The third-order valence-corrected chi connectivity index (χ3v) is 6.24. The molecule has 5 rings (SSSR count). The topological polar surface area (TPSA) is 79.1 Å². The third-order valence-electron chi connectivity index (χ3n) is 6.24. The summed E-state index contributed by atoms with van der Waals surface area (Å²) in [6.45, 7) is 1.99. The number of hydrogen-bond acceptors (Lipinski definition) is 6. The van der Waals surface area contributed by atoms with Crippen molar-refractivity contribution in [2.24, 2.45) is 0 Å². The summed E-state index contributed by atoms with van der Waals surface area (Å²) >= 11 is 0. The Hall–Kier alpha value is -2.93. The highest BCUT2D eigenvalue weighted by Gasteiger charge is 2.35. The fraction of sp³-hybridized carbons (Fsp3) is 0.409. The first-order chi connectivity index (χ1) is 14.1. The fourth-order valence-corrected chi connectivity index (χ4v) is 4.62. The largest absolute Gasteiger partial charge is 0.507 e. The van der Waals surface area contributed by atoms with Gasteiger partial charge in [-0.05, 0) is 62.4 Å². The van der Waals surface area contributed by atoms with Crippen molar-refractivity contribution in [3.63, 3.8) is 0 Å². The molecule has 3 atom stereocenters. The molecule has 2 aliphatic heterocycles. The molecule has 7 nitrogen and oxygen atoms in total. The molecule has 7 heteroatoms. The van der Waals surface area contributed by atoms with Gasteiger partial charge in [0, 0.05) is 43.0 Å².